The largest absolute Gasteiger partial charge is 0.354 e. The summed E-state index contributed by atoms with van der Waals surface area (Å²) in [5.41, 5.74) is 5.57. The lowest BCUT2D eigenvalue weighted by atomic mass is 10.1. The normalized spacial score (nSPS) is 23.9. The van der Waals surface area contributed by atoms with E-state index in [1.54, 1.807) is 0 Å². The number of rotatable bonds is 3. The van der Waals surface area contributed by atoms with Gasteiger partial charge in [-0.15, -0.1) is 0 Å². The van der Waals surface area contributed by atoms with Gasteiger partial charge in [-0.05, 0) is 25.7 Å². The number of hydrogen-bond donors (Lipinski definition) is 3. The number of hydrogen-bond acceptors (Lipinski definition) is 3. The van der Waals surface area contributed by atoms with Crippen molar-refractivity contribution in [1.82, 2.24) is 10.6 Å². The molecule has 4 N–H and O–H groups in total. The zero-order chi connectivity index (χ0) is 11.3. The average Bonchev–Trinajstić information content (AvgIpc) is 2.43. The van der Waals surface area contributed by atoms with Crippen LogP contribution >= 0.6 is 0 Å². The number of carbonyl (C=O) groups excluding carboxylic acids is 2. The Morgan fingerprint density at radius 2 is 2.40 bits per heavy atom. The molecule has 0 saturated carbocycles. The molecule has 1 aliphatic heterocycles. The van der Waals surface area contributed by atoms with E-state index in [1.165, 1.54) is 0 Å². The van der Waals surface area contributed by atoms with Crippen LogP contribution in [0.5, 0.6) is 0 Å². The molecule has 0 radical (unpaired) electrons. The van der Waals surface area contributed by atoms with Gasteiger partial charge in [-0.2, -0.15) is 0 Å². The molecule has 1 unspecified atom stereocenters. The molecule has 1 heterocycles. The van der Waals surface area contributed by atoms with Crippen LogP contribution in [-0.4, -0.2) is 30.4 Å². The minimum absolute atomic E-state index is 0.0934. The Kier molecular flexibility index (Phi) is 4.55. The first-order chi connectivity index (χ1) is 7.15. The van der Waals surface area contributed by atoms with Gasteiger partial charge in [-0.1, -0.05) is 6.92 Å². The smallest absolute Gasteiger partial charge is 0.242 e. The molecule has 2 amide bonds. The first kappa shape index (κ1) is 12.0. The third kappa shape index (κ3) is 3.51. The highest BCUT2D eigenvalue weighted by Gasteiger charge is 2.23. The van der Waals surface area contributed by atoms with Gasteiger partial charge in [-0.3, -0.25) is 9.59 Å². The summed E-state index contributed by atoms with van der Waals surface area (Å²) in [7, 11) is 0. The third-order valence-electron chi connectivity index (χ3n) is 2.63. The fraction of sp³-hybridized carbons (Fsp3) is 0.800. The van der Waals surface area contributed by atoms with Crippen LogP contribution in [0, 0.1) is 0 Å². The fourth-order valence-corrected chi connectivity index (χ4v) is 1.54. The molecule has 0 bridgehead atoms. The van der Waals surface area contributed by atoms with Crippen LogP contribution in [0.15, 0.2) is 0 Å². The summed E-state index contributed by atoms with van der Waals surface area (Å²) in [5.74, 6) is -0.330. The standard InChI is InChI=1S/C10H19N3O2/c1-2-7(11)9(14)13-8-5-3-4-6-12-10(8)15/h7-8H,2-6,11H2,1H3,(H,12,15)(H,13,14)/t7-,8?/m1/s1. The Labute approximate surface area is 89.8 Å². The number of nitrogens with one attached hydrogen (secondary N) is 2. The molecule has 0 aromatic carbocycles. The lowest BCUT2D eigenvalue weighted by Crippen LogP contribution is -2.50. The minimum atomic E-state index is -0.513. The molecule has 1 fully saturated rings. The zero-order valence-corrected chi connectivity index (χ0v) is 9.08. The Bertz CT molecular complexity index is 243. The van der Waals surface area contributed by atoms with Crippen molar-refractivity contribution in [1.29, 1.82) is 0 Å². The maximum absolute atomic E-state index is 11.5. The summed E-state index contributed by atoms with van der Waals surface area (Å²) in [6.07, 6.45) is 3.21. The van der Waals surface area contributed by atoms with Crippen LogP contribution in [0.3, 0.4) is 0 Å². The predicted octanol–water partition coefficient (Wildman–Crippen LogP) is -0.491. The van der Waals surface area contributed by atoms with Crippen molar-refractivity contribution in [2.75, 3.05) is 6.54 Å². The van der Waals surface area contributed by atoms with Crippen LogP contribution in [0.4, 0.5) is 0 Å². The van der Waals surface area contributed by atoms with Crippen molar-refractivity contribution in [2.45, 2.75) is 44.7 Å². The van der Waals surface area contributed by atoms with Crippen molar-refractivity contribution in [3.63, 3.8) is 0 Å². The van der Waals surface area contributed by atoms with Crippen LogP contribution < -0.4 is 16.4 Å². The van der Waals surface area contributed by atoms with E-state index in [0.29, 0.717) is 19.4 Å². The highest BCUT2D eigenvalue weighted by Crippen LogP contribution is 2.05. The summed E-state index contributed by atoms with van der Waals surface area (Å²) in [5, 5.41) is 5.45. The van der Waals surface area contributed by atoms with Gasteiger partial charge in [0.05, 0.1) is 6.04 Å². The average molecular weight is 213 g/mol. The molecule has 1 saturated heterocycles. The van der Waals surface area contributed by atoms with Gasteiger partial charge < -0.3 is 16.4 Å². The van der Waals surface area contributed by atoms with Gasteiger partial charge >= 0.3 is 0 Å². The number of carbonyl (C=O) groups is 2. The van der Waals surface area contributed by atoms with E-state index in [9.17, 15) is 9.59 Å². The molecule has 5 heteroatoms. The van der Waals surface area contributed by atoms with Gasteiger partial charge in [0, 0.05) is 6.54 Å². The molecule has 0 aliphatic carbocycles. The van der Waals surface area contributed by atoms with Crippen molar-refractivity contribution in [2.24, 2.45) is 5.73 Å². The molecule has 1 aliphatic rings. The summed E-state index contributed by atoms with van der Waals surface area (Å²) in [6.45, 7) is 2.54. The fourth-order valence-electron chi connectivity index (χ4n) is 1.54. The van der Waals surface area contributed by atoms with Gasteiger partial charge in [-0.25, -0.2) is 0 Å². The monoisotopic (exact) mass is 213 g/mol. The van der Waals surface area contributed by atoms with Gasteiger partial charge in [0.15, 0.2) is 0 Å². The summed E-state index contributed by atoms with van der Waals surface area (Å²) in [6, 6.07) is -0.918. The maximum atomic E-state index is 11.5. The Hall–Kier alpha value is -1.10. The molecular formula is C10H19N3O2. The molecule has 0 aromatic heterocycles. The van der Waals surface area contributed by atoms with Crippen LogP contribution in [0.1, 0.15) is 32.6 Å². The molecule has 0 aromatic rings. The van der Waals surface area contributed by atoms with Crippen LogP contribution in [0.2, 0.25) is 0 Å². The second-order valence-electron chi connectivity index (χ2n) is 3.86. The van der Waals surface area contributed by atoms with Gasteiger partial charge in [0.25, 0.3) is 0 Å². The molecule has 0 spiro atoms. The van der Waals surface area contributed by atoms with E-state index in [0.717, 1.165) is 12.8 Å². The zero-order valence-electron chi connectivity index (χ0n) is 9.08. The second-order valence-corrected chi connectivity index (χ2v) is 3.86. The van der Waals surface area contributed by atoms with E-state index >= 15 is 0 Å². The van der Waals surface area contributed by atoms with E-state index in [4.69, 9.17) is 5.73 Å². The summed E-state index contributed by atoms with van der Waals surface area (Å²) < 4.78 is 0. The quantitative estimate of drug-likeness (QED) is 0.591. The maximum Gasteiger partial charge on any atom is 0.242 e. The van der Waals surface area contributed by atoms with Gasteiger partial charge in [0.1, 0.15) is 6.04 Å². The highest BCUT2D eigenvalue weighted by molar-refractivity contribution is 5.89. The van der Waals surface area contributed by atoms with Crippen molar-refractivity contribution < 1.29 is 9.59 Å². The predicted molar refractivity (Wildman–Crippen MR) is 57.1 cm³/mol. The van der Waals surface area contributed by atoms with Crippen LogP contribution in [-0.2, 0) is 9.59 Å². The molecule has 1 rings (SSSR count). The lowest BCUT2D eigenvalue weighted by Gasteiger charge is -2.17. The minimum Gasteiger partial charge on any atom is -0.354 e. The molecule has 5 nitrogen and oxygen atoms in total. The van der Waals surface area contributed by atoms with E-state index in [-0.39, 0.29) is 11.8 Å². The second kappa shape index (κ2) is 5.70. The third-order valence-corrected chi connectivity index (χ3v) is 2.63. The van der Waals surface area contributed by atoms with E-state index in [1.807, 2.05) is 6.92 Å². The number of nitrogens with two attached hydrogens (primary N) is 1. The van der Waals surface area contributed by atoms with Crippen molar-refractivity contribution in [3.05, 3.63) is 0 Å². The Balaban J connectivity index is 2.47. The Morgan fingerprint density at radius 3 is 3.07 bits per heavy atom. The van der Waals surface area contributed by atoms with Crippen molar-refractivity contribution >= 4 is 11.8 Å². The molecule has 86 valence electrons. The lowest BCUT2D eigenvalue weighted by molar-refractivity contribution is -0.129. The Morgan fingerprint density at radius 1 is 1.67 bits per heavy atom. The first-order valence-corrected chi connectivity index (χ1v) is 5.48. The molecular weight excluding hydrogens is 194 g/mol. The number of amides is 2. The topological polar surface area (TPSA) is 84.2 Å². The first-order valence-electron chi connectivity index (χ1n) is 5.48. The molecule has 2 atom stereocenters. The SMILES string of the molecule is CC[C@@H](N)C(=O)NC1CCCCNC1=O. The van der Waals surface area contributed by atoms with Crippen molar-refractivity contribution in [3.8, 4) is 0 Å². The molecule has 15 heavy (non-hydrogen) atoms. The van der Waals surface area contributed by atoms with Gasteiger partial charge in [0.2, 0.25) is 11.8 Å². The summed E-state index contributed by atoms with van der Waals surface area (Å²) >= 11 is 0. The van der Waals surface area contributed by atoms with E-state index < -0.39 is 12.1 Å². The summed E-state index contributed by atoms with van der Waals surface area (Å²) in [4.78, 5) is 23.0. The van der Waals surface area contributed by atoms with Crippen LogP contribution in [0.25, 0.3) is 0 Å². The van der Waals surface area contributed by atoms with E-state index in [2.05, 4.69) is 10.6 Å². The highest BCUT2D eigenvalue weighted by atomic mass is 16.2.